The molecule has 0 amide bonds. The number of thiol groups is 1. The topological polar surface area (TPSA) is 78.9 Å². The van der Waals surface area contributed by atoms with Gasteiger partial charge in [0, 0.05) is 42.0 Å². The number of benzene rings is 2. The van der Waals surface area contributed by atoms with Crippen molar-refractivity contribution in [2.45, 2.75) is 103 Å². The fourth-order valence-corrected chi connectivity index (χ4v) is 4.56. The van der Waals surface area contributed by atoms with Crippen LogP contribution in [0.1, 0.15) is 97.5 Å². The van der Waals surface area contributed by atoms with E-state index in [9.17, 15) is 14.4 Å². The number of hydrogen-bond acceptors (Lipinski definition) is 7. The number of carbonyl (C=O) groups excluding carboxylic acids is 3. The minimum Gasteiger partial charge on any atom is -0.426 e. The lowest BCUT2D eigenvalue weighted by atomic mass is 9.97. The molecule has 0 spiro atoms. The Morgan fingerprint density at radius 2 is 1.17 bits per heavy atom. The Morgan fingerprint density at radius 1 is 0.686 bits per heavy atom. The Bertz CT molecular complexity index is 1030. The van der Waals surface area contributed by atoms with Crippen LogP contribution < -0.4 is 14.2 Å². The van der Waals surface area contributed by atoms with Crippen LogP contribution in [0.5, 0.6) is 17.2 Å². The normalized spacial score (nSPS) is 10.9. The predicted octanol–water partition coefficient (Wildman–Crippen LogP) is 7.37. The molecule has 7 heteroatoms. The van der Waals surface area contributed by atoms with E-state index in [2.05, 4.69) is 19.6 Å². The van der Waals surface area contributed by atoms with E-state index in [0.29, 0.717) is 33.4 Å². The molecular weight excluding hydrogens is 464 g/mol. The van der Waals surface area contributed by atoms with E-state index in [1.54, 1.807) is 18.2 Å². The van der Waals surface area contributed by atoms with Crippen molar-refractivity contribution in [1.82, 2.24) is 0 Å². The number of ether oxygens (including phenoxy) is 3. The minimum absolute atomic E-state index is 0.117. The van der Waals surface area contributed by atoms with Crippen molar-refractivity contribution in [2.75, 3.05) is 0 Å². The first-order valence-corrected chi connectivity index (χ1v) is 13.1. The zero-order chi connectivity index (χ0) is 25.8. The third-order valence-corrected chi connectivity index (χ3v) is 6.16. The summed E-state index contributed by atoms with van der Waals surface area (Å²) in [6.07, 6.45) is 12.2. The summed E-state index contributed by atoms with van der Waals surface area (Å²) in [5, 5.41) is 1.02. The summed E-state index contributed by atoms with van der Waals surface area (Å²) in [4.78, 5) is 36.5. The second kappa shape index (κ2) is 14.8. The van der Waals surface area contributed by atoms with Gasteiger partial charge in [0.25, 0.3) is 0 Å². The Hall–Kier alpha value is -2.54. The molecule has 0 radical (unpaired) electrons. The Labute approximate surface area is 214 Å². The molecule has 0 aromatic heterocycles. The van der Waals surface area contributed by atoms with E-state index in [-0.39, 0.29) is 11.5 Å². The minimum atomic E-state index is -0.558. The molecule has 0 unspecified atom stereocenters. The molecule has 0 saturated heterocycles. The van der Waals surface area contributed by atoms with Crippen molar-refractivity contribution < 1.29 is 28.6 Å². The molecule has 0 atom stereocenters. The van der Waals surface area contributed by atoms with Gasteiger partial charge in [0.2, 0.25) is 0 Å². The molecule has 2 aromatic carbocycles. The quantitative estimate of drug-likeness (QED) is 0.126. The number of hydrogen-bond donors (Lipinski definition) is 1. The molecule has 0 saturated carbocycles. The van der Waals surface area contributed by atoms with Gasteiger partial charge in [-0.25, -0.2) is 0 Å². The van der Waals surface area contributed by atoms with Crippen LogP contribution in [0.25, 0.3) is 10.8 Å². The SMILES string of the molecule is CCCCCCCCCCCCc1c(OC(C)=O)c(OC(C)=O)c2cccc(S)c2c1OC(C)=O. The van der Waals surface area contributed by atoms with Crippen LogP contribution in [0, 0.1) is 0 Å². The van der Waals surface area contributed by atoms with Crippen molar-refractivity contribution in [3.05, 3.63) is 23.8 Å². The van der Waals surface area contributed by atoms with Crippen LogP contribution in [0.4, 0.5) is 0 Å². The molecule has 0 N–H and O–H groups in total. The molecule has 6 nitrogen and oxygen atoms in total. The molecule has 0 fully saturated rings. The molecule has 0 aliphatic rings. The van der Waals surface area contributed by atoms with Crippen molar-refractivity contribution in [3.8, 4) is 17.2 Å². The first-order valence-electron chi connectivity index (χ1n) is 12.6. The first-order chi connectivity index (χ1) is 16.8. The molecule has 0 bridgehead atoms. The third kappa shape index (κ3) is 8.88. The van der Waals surface area contributed by atoms with Gasteiger partial charge in [-0.3, -0.25) is 14.4 Å². The predicted molar refractivity (Wildman–Crippen MR) is 141 cm³/mol. The lowest BCUT2D eigenvalue weighted by Crippen LogP contribution is -2.13. The van der Waals surface area contributed by atoms with Crippen molar-refractivity contribution in [2.24, 2.45) is 0 Å². The van der Waals surface area contributed by atoms with Crippen molar-refractivity contribution >= 4 is 41.3 Å². The summed E-state index contributed by atoms with van der Waals surface area (Å²) in [6.45, 7) is 6.12. The van der Waals surface area contributed by atoms with Gasteiger partial charge in [0.05, 0.1) is 0 Å². The summed E-state index contributed by atoms with van der Waals surface area (Å²) >= 11 is 4.57. The number of esters is 3. The molecule has 192 valence electrons. The van der Waals surface area contributed by atoms with Gasteiger partial charge < -0.3 is 14.2 Å². The number of unbranched alkanes of at least 4 members (excludes halogenated alkanes) is 9. The summed E-state index contributed by atoms with van der Waals surface area (Å²) < 4.78 is 16.7. The maximum atomic E-state index is 12.0. The van der Waals surface area contributed by atoms with E-state index in [0.717, 1.165) is 19.3 Å². The average Bonchev–Trinajstić information content (AvgIpc) is 2.78. The molecule has 0 aliphatic carbocycles. The van der Waals surface area contributed by atoms with Crippen LogP contribution in [0.15, 0.2) is 23.1 Å². The molecule has 0 aliphatic heterocycles. The highest BCUT2D eigenvalue weighted by Crippen LogP contribution is 2.48. The van der Waals surface area contributed by atoms with Crippen molar-refractivity contribution in [1.29, 1.82) is 0 Å². The van der Waals surface area contributed by atoms with Crippen LogP contribution in [-0.2, 0) is 20.8 Å². The summed E-state index contributed by atoms with van der Waals surface area (Å²) in [6, 6.07) is 5.23. The standard InChI is InChI=1S/C28H38O6S/c1-5-6-7-8-9-10-11-12-13-14-16-23-26(32-19(2)29)25-22(17-15-18-24(25)35)27(33-20(3)30)28(23)34-21(4)31/h15,17-18,35H,5-14,16H2,1-4H3. The number of fused-ring (bicyclic) bond motifs is 1. The van der Waals surface area contributed by atoms with E-state index in [1.165, 1.54) is 65.7 Å². The van der Waals surface area contributed by atoms with Crippen LogP contribution in [0.2, 0.25) is 0 Å². The monoisotopic (exact) mass is 502 g/mol. The third-order valence-electron chi connectivity index (χ3n) is 5.79. The Balaban J connectivity index is 2.34. The largest absolute Gasteiger partial charge is 0.426 e. The van der Waals surface area contributed by atoms with E-state index >= 15 is 0 Å². The van der Waals surface area contributed by atoms with Gasteiger partial charge in [-0.15, -0.1) is 12.6 Å². The molecule has 0 heterocycles. The highest BCUT2D eigenvalue weighted by atomic mass is 32.1. The van der Waals surface area contributed by atoms with Gasteiger partial charge in [0.15, 0.2) is 11.5 Å². The zero-order valence-corrected chi connectivity index (χ0v) is 22.3. The molecule has 35 heavy (non-hydrogen) atoms. The maximum absolute atomic E-state index is 12.0. The zero-order valence-electron chi connectivity index (χ0n) is 21.4. The van der Waals surface area contributed by atoms with E-state index in [4.69, 9.17) is 14.2 Å². The van der Waals surface area contributed by atoms with E-state index in [1.807, 2.05) is 0 Å². The van der Waals surface area contributed by atoms with Crippen molar-refractivity contribution in [3.63, 3.8) is 0 Å². The lowest BCUT2D eigenvalue weighted by Gasteiger charge is -2.21. The fraction of sp³-hybridized carbons (Fsp3) is 0.536. The molecular formula is C28H38O6S. The summed E-state index contributed by atoms with van der Waals surface area (Å²) in [5.41, 5.74) is 0.528. The number of rotatable bonds is 14. The average molecular weight is 503 g/mol. The highest BCUT2D eigenvalue weighted by molar-refractivity contribution is 7.80. The van der Waals surface area contributed by atoms with E-state index < -0.39 is 17.9 Å². The second-order valence-electron chi connectivity index (χ2n) is 8.88. The first kappa shape index (κ1) is 28.7. The Morgan fingerprint density at radius 3 is 1.71 bits per heavy atom. The van der Waals surface area contributed by atoms with Crippen LogP contribution >= 0.6 is 12.6 Å². The number of carbonyl (C=O) groups is 3. The molecule has 2 rings (SSSR count). The summed E-state index contributed by atoms with van der Waals surface area (Å²) in [5.74, 6) is -1.06. The highest BCUT2D eigenvalue weighted by Gasteiger charge is 2.27. The van der Waals surface area contributed by atoms with Gasteiger partial charge >= 0.3 is 17.9 Å². The Kier molecular flexibility index (Phi) is 12.1. The summed E-state index contributed by atoms with van der Waals surface area (Å²) in [7, 11) is 0. The van der Waals surface area contributed by atoms with Crippen LogP contribution in [-0.4, -0.2) is 17.9 Å². The second-order valence-corrected chi connectivity index (χ2v) is 9.36. The maximum Gasteiger partial charge on any atom is 0.308 e. The fourth-order valence-electron chi connectivity index (χ4n) is 4.25. The molecule has 2 aromatic rings. The lowest BCUT2D eigenvalue weighted by molar-refractivity contribution is -0.134. The van der Waals surface area contributed by atoms with Gasteiger partial charge in [-0.2, -0.15) is 0 Å². The van der Waals surface area contributed by atoms with Gasteiger partial charge in [0.1, 0.15) is 5.75 Å². The smallest absolute Gasteiger partial charge is 0.308 e. The van der Waals surface area contributed by atoms with Gasteiger partial charge in [-0.05, 0) is 18.9 Å². The van der Waals surface area contributed by atoms with Gasteiger partial charge in [-0.1, -0.05) is 76.8 Å². The van der Waals surface area contributed by atoms with Crippen LogP contribution in [0.3, 0.4) is 0 Å².